The molecule has 0 saturated heterocycles. The molecule has 1 aliphatic rings. The van der Waals surface area contributed by atoms with Gasteiger partial charge in [-0.1, -0.05) is 20.3 Å². The third kappa shape index (κ3) is 7.41. The maximum atomic E-state index is 11.5. The summed E-state index contributed by atoms with van der Waals surface area (Å²) in [7, 11) is 0. The molecule has 4 heteroatoms. The summed E-state index contributed by atoms with van der Waals surface area (Å²) in [5.41, 5.74) is 0.0272. The molecule has 1 fully saturated rings. The molecule has 0 aliphatic heterocycles. The minimum Gasteiger partial charge on any atom is -0.444 e. The van der Waals surface area contributed by atoms with Gasteiger partial charge in [-0.15, -0.1) is 0 Å². The van der Waals surface area contributed by atoms with Crippen molar-refractivity contribution in [3.05, 3.63) is 0 Å². The predicted octanol–water partition coefficient (Wildman–Crippen LogP) is 3.07. The minimum absolute atomic E-state index is 0.335. The van der Waals surface area contributed by atoms with Gasteiger partial charge >= 0.3 is 6.09 Å². The molecular weight excluding hydrogens is 240 g/mol. The largest absolute Gasteiger partial charge is 0.444 e. The SMILES string of the molecule is CC1(C)CCCC(NCCNC(=O)OC(C)(C)C)C1. The first-order valence-electron chi connectivity index (χ1n) is 7.38. The van der Waals surface area contributed by atoms with Crippen LogP contribution in [0, 0.1) is 5.41 Å². The third-order valence-corrected chi connectivity index (χ3v) is 3.43. The second-order valence-corrected chi connectivity index (χ2v) is 7.34. The molecule has 0 bridgehead atoms. The van der Waals surface area contributed by atoms with Gasteiger partial charge in [0.15, 0.2) is 0 Å². The molecule has 1 amide bonds. The summed E-state index contributed by atoms with van der Waals surface area (Å²) in [6.45, 7) is 11.7. The number of ether oxygens (including phenoxy) is 1. The van der Waals surface area contributed by atoms with Gasteiger partial charge in [-0.3, -0.25) is 0 Å². The highest BCUT2D eigenvalue weighted by Crippen LogP contribution is 2.34. The Bertz CT molecular complexity index is 295. The Balaban J connectivity index is 2.12. The fourth-order valence-corrected chi connectivity index (χ4v) is 2.63. The van der Waals surface area contributed by atoms with E-state index >= 15 is 0 Å². The minimum atomic E-state index is -0.426. The first kappa shape index (κ1) is 16.3. The number of carbonyl (C=O) groups excluding carboxylic acids is 1. The molecule has 2 N–H and O–H groups in total. The van der Waals surface area contributed by atoms with E-state index < -0.39 is 5.60 Å². The van der Waals surface area contributed by atoms with E-state index in [2.05, 4.69) is 24.5 Å². The van der Waals surface area contributed by atoms with Crippen LogP contribution in [0.5, 0.6) is 0 Å². The fraction of sp³-hybridized carbons (Fsp3) is 0.933. The normalized spacial score (nSPS) is 22.9. The summed E-state index contributed by atoms with van der Waals surface area (Å²) in [6.07, 6.45) is 4.75. The molecule has 0 aromatic rings. The highest BCUT2D eigenvalue weighted by molar-refractivity contribution is 5.67. The van der Waals surface area contributed by atoms with Gasteiger partial charge in [-0.25, -0.2) is 4.79 Å². The molecule has 4 nitrogen and oxygen atoms in total. The van der Waals surface area contributed by atoms with Crippen LogP contribution >= 0.6 is 0 Å². The molecule has 1 rings (SSSR count). The molecule has 0 radical (unpaired) electrons. The van der Waals surface area contributed by atoms with Gasteiger partial charge in [-0.05, 0) is 45.4 Å². The van der Waals surface area contributed by atoms with Crippen molar-refractivity contribution in [1.29, 1.82) is 0 Å². The van der Waals surface area contributed by atoms with Gasteiger partial charge in [0.1, 0.15) is 5.60 Å². The lowest BCUT2D eigenvalue weighted by Crippen LogP contribution is -2.42. The average molecular weight is 270 g/mol. The van der Waals surface area contributed by atoms with Crippen LogP contribution in [0.2, 0.25) is 0 Å². The number of hydrogen-bond acceptors (Lipinski definition) is 3. The number of nitrogens with one attached hydrogen (secondary N) is 2. The van der Waals surface area contributed by atoms with Crippen LogP contribution in [0.4, 0.5) is 4.79 Å². The van der Waals surface area contributed by atoms with Crippen molar-refractivity contribution in [3.8, 4) is 0 Å². The van der Waals surface area contributed by atoms with Crippen LogP contribution in [0.15, 0.2) is 0 Å². The Morgan fingerprint density at radius 3 is 2.58 bits per heavy atom. The van der Waals surface area contributed by atoms with E-state index in [4.69, 9.17) is 4.74 Å². The molecule has 0 spiro atoms. The maximum absolute atomic E-state index is 11.5. The quantitative estimate of drug-likeness (QED) is 0.772. The summed E-state index contributed by atoms with van der Waals surface area (Å²) >= 11 is 0. The first-order valence-corrected chi connectivity index (χ1v) is 7.38. The zero-order valence-corrected chi connectivity index (χ0v) is 13.1. The van der Waals surface area contributed by atoms with E-state index in [9.17, 15) is 4.79 Å². The smallest absolute Gasteiger partial charge is 0.407 e. The summed E-state index contributed by atoms with van der Waals surface area (Å²) in [4.78, 5) is 11.5. The molecule has 1 saturated carbocycles. The zero-order chi connectivity index (χ0) is 14.5. The molecule has 1 atom stereocenters. The van der Waals surface area contributed by atoms with Gasteiger partial charge in [-0.2, -0.15) is 0 Å². The lowest BCUT2D eigenvalue weighted by molar-refractivity contribution is 0.0527. The Morgan fingerprint density at radius 1 is 1.32 bits per heavy atom. The zero-order valence-electron chi connectivity index (χ0n) is 13.1. The van der Waals surface area contributed by atoms with E-state index in [1.54, 1.807) is 0 Å². The van der Waals surface area contributed by atoms with Crippen LogP contribution in [-0.4, -0.2) is 30.8 Å². The van der Waals surface area contributed by atoms with Crippen LogP contribution in [0.3, 0.4) is 0 Å². The van der Waals surface area contributed by atoms with Crippen LogP contribution < -0.4 is 10.6 Å². The summed E-state index contributed by atoms with van der Waals surface area (Å²) in [6, 6.07) is 0.587. The van der Waals surface area contributed by atoms with Crippen molar-refractivity contribution in [3.63, 3.8) is 0 Å². The second-order valence-electron chi connectivity index (χ2n) is 7.34. The van der Waals surface area contributed by atoms with E-state index in [0.29, 0.717) is 18.0 Å². The predicted molar refractivity (Wildman–Crippen MR) is 78.3 cm³/mol. The van der Waals surface area contributed by atoms with Crippen LogP contribution in [0.1, 0.15) is 60.3 Å². The van der Waals surface area contributed by atoms with E-state index in [1.165, 1.54) is 25.7 Å². The summed E-state index contributed by atoms with van der Waals surface area (Å²) in [5.74, 6) is 0. The third-order valence-electron chi connectivity index (χ3n) is 3.43. The van der Waals surface area contributed by atoms with Crippen molar-refractivity contribution in [2.24, 2.45) is 5.41 Å². The molecule has 1 unspecified atom stereocenters. The van der Waals surface area contributed by atoms with E-state index in [-0.39, 0.29) is 6.09 Å². The number of carbonyl (C=O) groups is 1. The molecule has 1 aliphatic carbocycles. The standard InChI is InChI=1S/C15H30N2O2/c1-14(2,3)19-13(18)17-10-9-16-12-7-6-8-15(4,5)11-12/h12,16H,6-11H2,1-5H3,(H,17,18). The molecule has 19 heavy (non-hydrogen) atoms. The lowest BCUT2D eigenvalue weighted by Gasteiger charge is -2.35. The average Bonchev–Trinajstić information content (AvgIpc) is 2.20. The molecular formula is C15H30N2O2. The van der Waals surface area contributed by atoms with Gasteiger partial charge < -0.3 is 15.4 Å². The van der Waals surface area contributed by atoms with E-state index in [0.717, 1.165) is 6.54 Å². The summed E-state index contributed by atoms with van der Waals surface area (Å²) < 4.78 is 5.19. The van der Waals surface area contributed by atoms with Crippen LogP contribution in [-0.2, 0) is 4.74 Å². The molecule has 0 aromatic heterocycles. The first-order chi connectivity index (χ1) is 8.68. The van der Waals surface area contributed by atoms with Gasteiger partial charge in [0, 0.05) is 19.1 Å². The van der Waals surface area contributed by atoms with Crippen molar-refractivity contribution in [2.45, 2.75) is 71.9 Å². The van der Waals surface area contributed by atoms with Crippen molar-refractivity contribution < 1.29 is 9.53 Å². The Morgan fingerprint density at radius 2 is 2.00 bits per heavy atom. The number of amides is 1. The Hall–Kier alpha value is -0.770. The van der Waals surface area contributed by atoms with Crippen molar-refractivity contribution in [1.82, 2.24) is 10.6 Å². The van der Waals surface area contributed by atoms with Gasteiger partial charge in [0.05, 0.1) is 0 Å². The van der Waals surface area contributed by atoms with Crippen LogP contribution in [0.25, 0.3) is 0 Å². The number of rotatable bonds is 4. The van der Waals surface area contributed by atoms with Gasteiger partial charge in [0.25, 0.3) is 0 Å². The monoisotopic (exact) mass is 270 g/mol. The Labute approximate surface area is 117 Å². The van der Waals surface area contributed by atoms with E-state index in [1.807, 2.05) is 20.8 Å². The molecule has 0 aromatic carbocycles. The van der Waals surface area contributed by atoms with Crippen molar-refractivity contribution in [2.75, 3.05) is 13.1 Å². The second kappa shape index (κ2) is 6.60. The summed E-state index contributed by atoms with van der Waals surface area (Å²) in [5, 5.41) is 6.30. The lowest BCUT2D eigenvalue weighted by atomic mass is 9.75. The van der Waals surface area contributed by atoms with Crippen molar-refractivity contribution >= 4 is 6.09 Å². The number of hydrogen-bond donors (Lipinski definition) is 2. The number of alkyl carbamates (subject to hydrolysis) is 1. The topological polar surface area (TPSA) is 50.4 Å². The highest BCUT2D eigenvalue weighted by Gasteiger charge is 2.27. The highest BCUT2D eigenvalue weighted by atomic mass is 16.6. The maximum Gasteiger partial charge on any atom is 0.407 e. The molecule has 0 heterocycles. The fourth-order valence-electron chi connectivity index (χ4n) is 2.63. The molecule has 112 valence electrons. The Kier molecular flexibility index (Phi) is 5.65. The van der Waals surface area contributed by atoms with Gasteiger partial charge in [0.2, 0.25) is 0 Å².